The Hall–Kier alpha value is -0.510. The fourth-order valence-corrected chi connectivity index (χ4v) is 2.99. The molecule has 1 aliphatic rings. The van der Waals surface area contributed by atoms with E-state index in [1.165, 1.54) is 29.7 Å². The van der Waals surface area contributed by atoms with Crippen molar-refractivity contribution in [3.8, 4) is 0 Å². The van der Waals surface area contributed by atoms with Crippen LogP contribution in [0.1, 0.15) is 24.0 Å². The van der Waals surface area contributed by atoms with Crippen molar-refractivity contribution in [1.29, 1.82) is 0 Å². The molecule has 1 aromatic carbocycles. The van der Waals surface area contributed by atoms with E-state index in [1.807, 2.05) is 11.8 Å². The molecule has 94 valence electrons. The zero-order valence-electron chi connectivity index (χ0n) is 10.6. The Labute approximate surface area is 109 Å². The molecular formula is C14H22N2S. The van der Waals surface area contributed by atoms with E-state index in [0.29, 0.717) is 6.04 Å². The van der Waals surface area contributed by atoms with Gasteiger partial charge in [-0.15, -0.1) is 0 Å². The summed E-state index contributed by atoms with van der Waals surface area (Å²) < 4.78 is 0. The fraction of sp³-hybridized carbons (Fsp3) is 0.571. The van der Waals surface area contributed by atoms with Gasteiger partial charge in [0.2, 0.25) is 0 Å². The maximum Gasteiger partial charge on any atom is 0.0244 e. The van der Waals surface area contributed by atoms with E-state index in [0.717, 1.165) is 19.6 Å². The SMILES string of the molecule is CSCCCC(CN)N1Cc2ccccc2C1. The molecule has 0 aromatic heterocycles. The van der Waals surface area contributed by atoms with Crippen LogP contribution in [0.25, 0.3) is 0 Å². The van der Waals surface area contributed by atoms with Gasteiger partial charge in [0.15, 0.2) is 0 Å². The van der Waals surface area contributed by atoms with E-state index >= 15 is 0 Å². The fourth-order valence-electron chi connectivity index (χ4n) is 2.53. The van der Waals surface area contributed by atoms with Crippen LogP contribution in [0.3, 0.4) is 0 Å². The molecule has 2 N–H and O–H groups in total. The molecule has 0 spiro atoms. The van der Waals surface area contributed by atoms with E-state index in [2.05, 4.69) is 35.4 Å². The number of hydrogen-bond donors (Lipinski definition) is 1. The van der Waals surface area contributed by atoms with Crippen molar-refractivity contribution in [2.24, 2.45) is 5.73 Å². The van der Waals surface area contributed by atoms with E-state index in [-0.39, 0.29) is 0 Å². The van der Waals surface area contributed by atoms with E-state index < -0.39 is 0 Å². The highest BCUT2D eigenvalue weighted by molar-refractivity contribution is 7.98. The second-order valence-corrected chi connectivity index (χ2v) is 5.68. The number of fused-ring (bicyclic) bond motifs is 1. The van der Waals surface area contributed by atoms with Crippen LogP contribution < -0.4 is 5.73 Å². The molecule has 0 saturated carbocycles. The highest BCUT2D eigenvalue weighted by atomic mass is 32.2. The highest BCUT2D eigenvalue weighted by Gasteiger charge is 2.24. The molecule has 0 fully saturated rings. The van der Waals surface area contributed by atoms with E-state index in [1.54, 1.807) is 0 Å². The molecule has 0 amide bonds. The first-order valence-corrected chi connectivity index (χ1v) is 7.74. The van der Waals surface area contributed by atoms with Gasteiger partial charge in [0.1, 0.15) is 0 Å². The minimum absolute atomic E-state index is 0.551. The quantitative estimate of drug-likeness (QED) is 0.787. The summed E-state index contributed by atoms with van der Waals surface area (Å²) in [7, 11) is 0. The molecule has 3 heteroatoms. The summed E-state index contributed by atoms with van der Waals surface area (Å²) in [6.07, 6.45) is 4.67. The summed E-state index contributed by atoms with van der Waals surface area (Å²) in [6, 6.07) is 9.30. The molecule has 0 bridgehead atoms. The molecule has 2 rings (SSSR count). The van der Waals surface area contributed by atoms with Crippen molar-refractivity contribution in [3.05, 3.63) is 35.4 Å². The predicted octanol–water partition coefficient (Wildman–Crippen LogP) is 2.47. The first-order valence-electron chi connectivity index (χ1n) is 6.35. The van der Waals surface area contributed by atoms with Crippen molar-refractivity contribution in [2.45, 2.75) is 32.0 Å². The zero-order chi connectivity index (χ0) is 12.1. The summed E-state index contributed by atoms with van der Waals surface area (Å²) in [5.74, 6) is 1.25. The average Bonchev–Trinajstić information content (AvgIpc) is 2.78. The van der Waals surface area contributed by atoms with Crippen molar-refractivity contribution >= 4 is 11.8 Å². The molecule has 2 nitrogen and oxygen atoms in total. The van der Waals surface area contributed by atoms with E-state index in [9.17, 15) is 0 Å². The Morgan fingerprint density at radius 2 is 1.94 bits per heavy atom. The lowest BCUT2D eigenvalue weighted by atomic mass is 10.1. The maximum atomic E-state index is 5.92. The van der Waals surface area contributed by atoms with Gasteiger partial charge in [-0.05, 0) is 36.0 Å². The number of hydrogen-bond acceptors (Lipinski definition) is 3. The molecule has 0 saturated heterocycles. The van der Waals surface area contributed by atoms with E-state index in [4.69, 9.17) is 5.73 Å². The van der Waals surface area contributed by atoms with Gasteiger partial charge in [-0.25, -0.2) is 0 Å². The van der Waals surface area contributed by atoms with Crippen molar-refractivity contribution < 1.29 is 0 Å². The normalized spacial score (nSPS) is 17.1. The minimum Gasteiger partial charge on any atom is -0.329 e. The van der Waals surface area contributed by atoms with Gasteiger partial charge in [0, 0.05) is 25.7 Å². The topological polar surface area (TPSA) is 29.3 Å². The van der Waals surface area contributed by atoms with Crippen LogP contribution in [0.2, 0.25) is 0 Å². The molecule has 17 heavy (non-hydrogen) atoms. The van der Waals surface area contributed by atoms with Crippen molar-refractivity contribution in [2.75, 3.05) is 18.6 Å². The zero-order valence-corrected chi connectivity index (χ0v) is 11.4. The third-order valence-corrected chi connectivity index (χ3v) is 4.24. The summed E-state index contributed by atoms with van der Waals surface area (Å²) in [5.41, 5.74) is 8.89. The van der Waals surface area contributed by atoms with Gasteiger partial charge in [-0.1, -0.05) is 24.3 Å². The third-order valence-electron chi connectivity index (χ3n) is 3.54. The number of nitrogens with zero attached hydrogens (tertiary/aromatic N) is 1. The molecule has 1 aliphatic heterocycles. The molecule has 1 unspecified atom stereocenters. The van der Waals surface area contributed by atoms with Gasteiger partial charge in [-0.3, -0.25) is 4.90 Å². The summed E-state index contributed by atoms with van der Waals surface area (Å²) in [6.45, 7) is 2.94. The lowest BCUT2D eigenvalue weighted by Gasteiger charge is -2.26. The predicted molar refractivity (Wildman–Crippen MR) is 76.1 cm³/mol. The standard InChI is InChI=1S/C14H22N2S/c1-17-8-4-7-14(9-15)16-10-12-5-2-3-6-13(12)11-16/h2-3,5-6,14H,4,7-11,15H2,1H3. The lowest BCUT2D eigenvalue weighted by molar-refractivity contribution is 0.193. The van der Waals surface area contributed by atoms with Crippen molar-refractivity contribution in [3.63, 3.8) is 0 Å². The second-order valence-electron chi connectivity index (χ2n) is 4.70. The van der Waals surface area contributed by atoms with Crippen LogP contribution in [0, 0.1) is 0 Å². The number of nitrogens with two attached hydrogens (primary N) is 1. The van der Waals surface area contributed by atoms with Gasteiger partial charge in [0.25, 0.3) is 0 Å². The monoisotopic (exact) mass is 250 g/mol. The Kier molecular flexibility index (Phi) is 4.89. The molecule has 0 aliphatic carbocycles. The van der Waals surface area contributed by atoms with Crippen LogP contribution in [0.5, 0.6) is 0 Å². The van der Waals surface area contributed by atoms with Crippen LogP contribution in [0.15, 0.2) is 24.3 Å². The first-order chi connectivity index (χ1) is 8.35. The molecular weight excluding hydrogens is 228 g/mol. The average molecular weight is 250 g/mol. The Morgan fingerprint density at radius 3 is 2.47 bits per heavy atom. The van der Waals surface area contributed by atoms with Gasteiger partial charge < -0.3 is 5.73 Å². The Bertz CT molecular complexity index is 329. The Balaban J connectivity index is 1.91. The second kappa shape index (κ2) is 6.43. The molecule has 0 radical (unpaired) electrons. The number of rotatable bonds is 6. The highest BCUT2D eigenvalue weighted by Crippen LogP contribution is 2.25. The molecule has 1 aromatic rings. The van der Waals surface area contributed by atoms with Gasteiger partial charge >= 0.3 is 0 Å². The van der Waals surface area contributed by atoms with Crippen LogP contribution in [0.4, 0.5) is 0 Å². The minimum atomic E-state index is 0.551. The van der Waals surface area contributed by atoms with Crippen LogP contribution in [-0.4, -0.2) is 29.5 Å². The Morgan fingerprint density at radius 1 is 1.29 bits per heavy atom. The molecule has 1 heterocycles. The maximum absolute atomic E-state index is 5.92. The van der Waals surface area contributed by atoms with Gasteiger partial charge in [-0.2, -0.15) is 11.8 Å². The lowest BCUT2D eigenvalue weighted by Crippen LogP contribution is -2.37. The van der Waals surface area contributed by atoms with Gasteiger partial charge in [0.05, 0.1) is 0 Å². The third kappa shape index (κ3) is 3.24. The first kappa shape index (κ1) is 12.9. The summed E-state index contributed by atoms with van der Waals surface area (Å²) in [5, 5.41) is 0. The van der Waals surface area contributed by atoms with Crippen LogP contribution in [-0.2, 0) is 13.1 Å². The smallest absolute Gasteiger partial charge is 0.0244 e. The summed E-state index contributed by atoms with van der Waals surface area (Å²) >= 11 is 1.92. The summed E-state index contributed by atoms with van der Waals surface area (Å²) in [4.78, 5) is 2.53. The molecule has 1 atom stereocenters. The van der Waals surface area contributed by atoms with Crippen LogP contribution >= 0.6 is 11.8 Å². The number of thioether (sulfide) groups is 1. The largest absolute Gasteiger partial charge is 0.329 e. The number of benzene rings is 1. The van der Waals surface area contributed by atoms with Crippen molar-refractivity contribution in [1.82, 2.24) is 4.90 Å².